The third kappa shape index (κ3) is 4.05. The molecule has 158 valence electrons. The van der Waals surface area contributed by atoms with Crippen LogP contribution >= 0.6 is 11.3 Å². The van der Waals surface area contributed by atoms with Crippen molar-refractivity contribution in [1.82, 2.24) is 20.0 Å². The van der Waals surface area contributed by atoms with E-state index in [-0.39, 0.29) is 17.9 Å². The number of benzene rings is 1. The Hall–Kier alpha value is -2.87. The fraction of sp³-hybridized carbons (Fsp3) is 0.409. The highest BCUT2D eigenvalue weighted by Gasteiger charge is 2.25. The lowest BCUT2D eigenvalue weighted by molar-refractivity contribution is 0.0698. The summed E-state index contributed by atoms with van der Waals surface area (Å²) in [4.78, 5) is 29.0. The topological polar surface area (TPSA) is 76.5 Å². The van der Waals surface area contributed by atoms with Gasteiger partial charge in [-0.15, -0.1) is 11.3 Å². The first-order valence-corrected chi connectivity index (χ1v) is 11.0. The van der Waals surface area contributed by atoms with E-state index in [0.717, 1.165) is 34.5 Å². The number of hydrogen-bond acceptors (Lipinski definition) is 5. The van der Waals surface area contributed by atoms with Gasteiger partial charge in [0.05, 0.1) is 17.2 Å². The summed E-state index contributed by atoms with van der Waals surface area (Å²) in [5.74, 6) is 0.741. The molecule has 1 aromatic carbocycles. The van der Waals surface area contributed by atoms with Gasteiger partial charge in [-0.05, 0) is 57.0 Å². The van der Waals surface area contributed by atoms with Gasteiger partial charge in [0, 0.05) is 37.1 Å². The van der Waals surface area contributed by atoms with Crippen LogP contribution in [0.3, 0.4) is 0 Å². The normalized spacial score (nSPS) is 14.8. The smallest absolute Gasteiger partial charge is 0.261 e. The minimum Gasteiger partial charge on any atom is -0.494 e. The summed E-state index contributed by atoms with van der Waals surface area (Å²) in [6.07, 6.45) is 1.50. The molecule has 30 heavy (non-hydrogen) atoms. The van der Waals surface area contributed by atoms with Gasteiger partial charge in [-0.2, -0.15) is 5.10 Å². The second-order valence-electron chi connectivity index (χ2n) is 7.54. The van der Waals surface area contributed by atoms with Crippen molar-refractivity contribution in [2.45, 2.75) is 32.7 Å². The summed E-state index contributed by atoms with van der Waals surface area (Å²) in [6.45, 7) is 5.75. The molecule has 1 aliphatic rings. The lowest BCUT2D eigenvalue weighted by atomic mass is 10.0. The van der Waals surface area contributed by atoms with Crippen LogP contribution in [0, 0.1) is 6.92 Å². The number of rotatable bonds is 5. The highest BCUT2D eigenvalue weighted by molar-refractivity contribution is 7.20. The van der Waals surface area contributed by atoms with Crippen LogP contribution in [0.25, 0.3) is 10.2 Å². The largest absolute Gasteiger partial charge is 0.494 e. The number of hydrogen-bond donors (Lipinski definition) is 1. The number of carbonyl (C=O) groups is 2. The number of amides is 2. The predicted molar refractivity (Wildman–Crippen MR) is 117 cm³/mol. The molecular weight excluding hydrogens is 400 g/mol. The highest BCUT2D eigenvalue weighted by atomic mass is 32.1. The van der Waals surface area contributed by atoms with Gasteiger partial charge in [0.2, 0.25) is 0 Å². The average Bonchev–Trinajstić information content (AvgIpc) is 3.30. The van der Waals surface area contributed by atoms with Crippen LogP contribution in [-0.2, 0) is 7.05 Å². The Balaban J connectivity index is 1.33. The van der Waals surface area contributed by atoms with Crippen molar-refractivity contribution in [3.05, 3.63) is 46.5 Å². The van der Waals surface area contributed by atoms with Gasteiger partial charge >= 0.3 is 0 Å². The Labute approximate surface area is 179 Å². The number of carbonyl (C=O) groups excluding carboxylic acids is 2. The van der Waals surface area contributed by atoms with E-state index in [2.05, 4.69) is 10.4 Å². The summed E-state index contributed by atoms with van der Waals surface area (Å²) >= 11 is 1.46. The van der Waals surface area contributed by atoms with E-state index in [9.17, 15) is 9.59 Å². The van der Waals surface area contributed by atoms with E-state index >= 15 is 0 Å². The number of fused-ring (bicyclic) bond motifs is 1. The number of likely N-dealkylation sites (tertiary alicyclic amines) is 1. The molecular formula is C22H26N4O3S. The van der Waals surface area contributed by atoms with Crippen LogP contribution in [0.4, 0.5) is 0 Å². The Morgan fingerprint density at radius 1 is 1.23 bits per heavy atom. The summed E-state index contributed by atoms with van der Waals surface area (Å²) < 4.78 is 7.25. The maximum atomic E-state index is 12.7. The van der Waals surface area contributed by atoms with Crippen LogP contribution < -0.4 is 10.1 Å². The van der Waals surface area contributed by atoms with Gasteiger partial charge in [-0.3, -0.25) is 14.3 Å². The fourth-order valence-corrected chi connectivity index (χ4v) is 4.87. The molecule has 2 amide bonds. The predicted octanol–water partition coefficient (Wildman–Crippen LogP) is 3.38. The Bertz CT molecular complexity index is 1030. The molecule has 4 rings (SSSR count). The maximum absolute atomic E-state index is 12.7. The molecule has 1 N–H and O–H groups in total. The number of thiophene rings is 1. The van der Waals surface area contributed by atoms with Crippen molar-refractivity contribution in [2.24, 2.45) is 7.05 Å². The molecule has 8 heteroatoms. The molecule has 0 bridgehead atoms. The summed E-state index contributed by atoms with van der Waals surface area (Å²) in [5.41, 5.74) is 1.60. The standard InChI is InChI=1S/C22H26N4O3S/c1-4-29-17-7-5-15(6-8-17)21(28)26-11-9-16(10-12-26)23-20(27)19-13-18-14(2)24-25(3)22(18)30-19/h5-8,13,16H,4,9-12H2,1-3H3,(H,23,27). The Kier molecular flexibility index (Phi) is 5.76. The molecule has 2 aromatic heterocycles. The maximum Gasteiger partial charge on any atom is 0.261 e. The molecule has 1 saturated heterocycles. The van der Waals surface area contributed by atoms with Gasteiger partial charge in [0.1, 0.15) is 10.6 Å². The molecule has 0 atom stereocenters. The number of piperidine rings is 1. The van der Waals surface area contributed by atoms with Crippen LogP contribution in [0.2, 0.25) is 0 Å². The minimum atomic E-state index is -0.0492. The van der Waals surface area contributed by atoms with Crippen molar-refractivity contribution >= 4 is 33.4 Å². The third-order valence-corrected chi connectivity index (χ3v) is 6.65. The van der Waals surface area contributed by atoms with Crippen LogP contribution in [-0.4, -0.2) is 52.2 Å². The summed E-state index contributed by atoms with van der Waals surface area (Å²) in [6, 6.07) is 9.25. The summed E-state index contributed by atoms with van der Waals surface area (Å²) in [7, 11) is 1.89. The number of ether oxygens (including phenoxy) is 1. The van der Waals surface area contributed by atoms with Gasteiger partial charge in [-0.1, -0.05) is 0 Å². The first-order chi connectivity index (χ1) is 14.5. The van der Waals surface area contributed by atoms with Crippen molar-refractivity contribution < 1.29 is 14.3 Å². The van der Waals surface area contributed by atoms with Crippen LogP contribution in [0.1, 0.15) is 45.5 Å². The van der Waals surface area contributed by atoms with Gasteiger partial charge in [0.25, 0.3) is 11.8 Å². The molecule has 1 aliphatic heterocycles. The lowest BCUT2D eigenvalue weighted by Crippen LogP contribution is -2.46. The van der Waals surface area contributed by atoms with Gasteiger partial charge < -0.3 is 15.0 Å². The number of nitrogens with zero attached hydrogens (tertiary/aromatic N) is 3. The van der Waals surface area contributed by atoms with Crippen molar-refractivity contribution in [3.63, 3.8) is 0 Å². The first-order valence-electron chi connectivity index (χ1n) is 10.2. The first kappa shape index (κ1) is 20.4. The van der Waals surface area contributed by atoms with Crippen molar-refractivity contribution in [3.8, 4) is 5.75 Å². The van der Waals surface area contributed by atoms with E-state index in [4.69, 9.17) is 4.74 Å². The summed E-state index contributed by atoms with van der Waals surface area (Å²) in [5, 5.41) is 8.54. The van der Waals surface area contributed by atoms with E-state index in [1.54, 1.807) is 12.1 Å². The quantitative estimate of drug-likeness (QED) is 0.679. The number of aryl methyl sites for hydroxylation is 2. The van der Waals surface area contributed by atoms with E-state index in [0.29, 0.717) is 30.1 Å². The number of nitrogens with one attached hydrogen (secondary N) is 1. The molecule has 7 nitrogen and oxygen atoms in total. The number of aromatic nitrogens is 2. The van der Waals surface area contributed by atoms with Crippen molar-refractivity contribution in [1.29, 1.82) is 0 Å². The van der Waals surface area contributed by atoms with E-state index < -0.39 is 0 Å². The third-order valence-electron chi connectivity index (χ3n) is 5.45. The molecule has 0 unspecified atom stereocenters. The molecule has 3 aromatic rings. The minimum absolute atomic E-state index is 0.0234. The zero-order valence-electron chi connectivity index (χ0n) is 17.5. The fourth-order valence-electron chi connectivity index (χ4n) is 3.84. The molecule has 0 radical (unpaired) electrons. The second kappa shape index (κ2) is 8.47. The van der Waals surface area contributed by atoms with E-state index in [1.807, 2.05) is 48.7 Å². The SMILES string of the molecule is CCOc1ccc(C(=O)N2CCC(NC(=O)c3cc4c(C)nn(C)c4s3)CC2)cc1. The Morgan fingerprint density at radius 3 is 2.57 bits per heavy atom. The molecule has 1 fully saturated rings. The average molecular weight is 427 g/mol. The zero-order valence-corrected chi connectivity index (χ0v) is 18.3. The molecule has 0 spiro atoms. The Morgan fingerprint density at radius 2 is 1.93 bits per heavy atom. The second-order valence-corrected chi connectivity index (χ2v) is 8.57. The monoisotopic (exact) mass is 426 g/mol. The highest BCUT2D eigenvalue weighted by Crippen LogP contribution is 2.28. The lowest BCUT2D eigenvalue weighted by Gasteiger charge is -2.32. The van der Waals surface area contributed by atoms with Crippen LogP contribution in [0.5, 0.6) is 5.75 Å². The van der Waals surface area contributed by atoms with E-state index in [1.165, 1.54) is 11.3 Å². The van der Waals surface area contributed by atoms with Gasteiger partial charge in [-0.25, -0.2) is 0 Å². The van der Waals surface area contributed by atoms with Gasteiger partial charge in [0.15, 0.2) is 0 Å². The molecule has 0 saturated carbocycles. The van der Waals surface area contributed by atoms with Crippen LogP contribution in [0.15, 0.2) is 30.3 Å². The molecule has 0 aliphatic carbocycles. The zero-order chi connectivity index (χ0) is 21.3. The van der Waals surface area contributed by atoms with Crippen molar-refractivity contribution in [2.75, 3.05) is 19.7 Å². The molecule has 3 heterocycles.